The topological polar surface area (TPSA) is 37.6 Å². The smallest absolute Gasteiger partial charge is 0.228 e. The third-order valence-corrected chi connectivity index (χ3v) is 3.11. The lowest BCUT2D eigenvalue weighted by atomic mass is 10.3. The number of carbonyl (C=O) groups is 1. The van der Waals surface area contributed by atoms with Crippen LogP contribution in [0.5, 0.6) is 0 Å². The maximum Gasteiger partial charge on any atom is 0.228 e. The minimum absolute atomic E-state index is 0.139. The molecule has 0 unspecified atom stereocenters. The number of hydrogen-bond donors (Lipinski definition) is 0. The number of aromatic nitrogens is 2. The standard InChI is InChI=1S/C14H19N3O/c1-4-16(5-2)14(18)9-12-10-17-7-6-11(3)8-13(17)15-12/h6-8,10H,4-5,9H2,1-3H3. The number of nitrogens with zero attached hydrogens (tertiary/aromatic N) is 3. The van der Waals surface area contributed by atoms with Gasteiger partial charge in [-0.15, -0.1) is 0 Å². The Labute approximate surface area is 107 Å². The lowest BCUT2D eigenvalue weighted by Gasteiger charge is -2.17. The number of imidazole rings is 1. The molecule has 0 saturated carbocycles. The molecule has 18 heavy (non-hydrogen) atoms. The first-order valence-corrected chi connectivity index (χ1v) is 6.36. The van der Waals surface area contributed by atoms with Gasteiger partial charge in [-0.1, -0.05) is 0 Å². The molecule has 0 N–H and O–H groups in total. The summed E-state index contributed by atoms with van der Waals surface area (Å²) in [5, 5.41) is 0. The van der Waals surface area contributed by atoms with Crippen LogP contribution in [0.3, 0.4) is 0 Å². The van der Waals surface area contributed by atoms with Crippen molar-refractivity contribution in [2.75, 3.05) is 13.1 Å². The predicted octanol–water partition coefficient (Wildman–Crippen LogP) is 2.05. The van der Waals surface area contributed by atoms with Crippen LogP contribution in [0, 0.1) is 6.92 Å². The molecule has 0 aliphatic rings. The molecule has 0 bridgehead atoms. The largest absolute Gasteiger partial charge is 0.343 e. The molecule has 0 radical (unpaired) electrons. The van der Waals surface area contributed by atoms with E-state index in [4.69, 9.17) is 0 Å². The van der Waals surface area contributed by atoms with Crippen molar-refractivity contribution in [3.63, 3.8) is 0 Å². The highest BCUT2D eigenvalue weighted by Crippen LogP contribution is 2.09. The maximum absolute atomic E-state index is 12.0. The Kier molecular flexibility index (Phi) is 3.65. The number of likely N-dealkylation sites (N-methyl/N-ethyl adjacent to an activating group) is 1. The fraction of sp³-hybridized carbons (Fsp3) is 0.429. The molecule has 2 aromatic heterocycles. The summed E-state index contributed by atoms with van der Waals surface area (Å²) < 4.78 is 1.96. The molecule has 2 heterocycles. The van der Waals surface area contributed by atoms with Crippen LogP contribution in [0.25, 0.3) is 5.65 Å². The summed E-state index contributed by atoms with van der Waals surface area (Å²) >= 11 is 0. The van der Waals surface area contributed by atoms with Gasteiger partial charge in [-0.3, -0.25) is 4.79 Å². The van der Waals surface area contributed by atoms with Gasteiger partial charge in [0.15, 0.2) is 0 Å². The van der Waals surface area contributed by atoms with Gasteiger partial charge in [0, 0.05) is 25.5 Å². The molecule has 0 aliphatic carbocycles. The van der Waals surface area contributed by atoms with Gasteiger partial charge in [0.25, 0.3) is 0 Å². The fourth-order valence-electron chi connectivity index (χ4n) is 2.06. The normalized spacial score (nSPS) is 10.8. The van der Waals surface area contributed by atoms with Crippen molar-refractivity contribution in [3.05, 3.63) is 35.8 Å². The number of rotatable bonds is 4. The van der Waals surface area contributed by atoms with E-state index in [0.717, 1.165) is 24.4 Å². The number of pyridine rings is 1. The zero-order valence-electron chi connectivity index (χ0n) is 11.2. The molecule has 0 fully saturated rings. The predicted molar refractivity (Wildman–Crippen MR) is 71.6 cm³/mol. The summed E-state index contributed by atoms with van der Waals surface area (Å²) in [5.74, 6) is 0.139. The van der Waals surface area contributed by atoms with Gasteiger partial charge in [0.05, 0.1) is 12.1 Å². The highest BCUT2D eigenvalue weighted by atomic mass is 16.2. The summed E-state index contributed by atoms with van der Waals surface area (Å²) in [6.07, 6.45) is 4.28. The molecule has 2 aromatic rings. The average molecular weight is 245 g/mol. The molecular weight excluding hydrogens is 226 g/mol. The average Bonchev–Trinajstić information content (AvgIpc) is 2.71. The van der Waals surface area contributed by atoms with Gasteiger partial charge in [0.2, 0.25) is 5.91 Å². The van der Waals surface area contributed by atoms with Crippen LogP contribution < -0.4 is 0 Å². The van der Waals surface area contributed by atoms with Gasteiger partial charge >= 0.3 is 0 Å². The Morgan fingerprint density at radius 2 is 2.11 bits per heavy atom. The van der Waals surface area contributed by atoms with E-state index in [1.807, 2.05) is 54.6 Å². The zero-order chi connectivity index (χ0) is 13.1. The number of hydrogen-bond acceptors (Lipinski definition) is 2. The van der Waals surface area contributed by atoms with Crippen molar-refractivity contribution in [2.24, 2.45) is 0 Å². The Hall–Kier alpha value is -1.84. The second-order valence-corrected chi connectivity index (χ2v) is 4.44. The lowest BCUT2D eigenvalue weighted by Crippen LogP contribution is -2.31. The van der Waals surface area contributed by atoms with E-state index < -0.39 is 0 Å². The minimum Gasteiger partial charge on any atom is -0.343 e. The van der Waals surface area contributed by atoms with Gasteiger partial charge in [-0.2, -0.15) is 0 Å². The summed E-state index contributed by atoms with van der Waals surface area (Å²) in [7, 11) is 0. The Bertz CT molecular complexity index is 555. The first-order chi connectivity index (χ1) is 8.63. The van der Waals surface area contributed by atoms with E-state index in [9.17, 15) is 4.79 Å². The van der Waals surface area contributed by atoms with E-state index in [1.165, 1.54) is 5.56 Å². The van der Waals surface area contributed by atoms with Crippen LogP contribution in [-0.4, -0.2) is 33.3 Å². The molecular formula is C14H19N3O. The van der Waals surface area contributed by atoms with E-state index in [-0.39, 0.29) is 5.91 Å². The van der Waals surface area contributed by atoms with Crippen molar-refractivity contribution in [1.29, 1.82) is 0 Å². The highest BCUT2D eigenvalue weighted by Gasteiger charge is 2.12. The SMILES string of the molecule is CCN(CC)C(=O)Cc1cn2ccc(C)cc2n1. The number of aryl methyl sites for hydroxylation is 1. The molecule has 0 spiro atoms. The van der Waals surface area contributed by atoms with Gasteiger partial charge in [-0.25, -0.2) is 4.98 Å². The Morgan fingerprint density at radius 1 is 1.39 bits per heavy atom. The van der Waals surface area contributed by atoms with E-state index in [2.05, 4.69) is 4.98 Å². The van der Waals surface area contributed by atoms with E-state index >= 15 is 0 Å². The summed E-state index contributed by atoms with van der Waals surface area (Å²) in [6.45, 7) is 7.53. The van der Waals surface area contributed by atoms with Crippen LogP contribution in [0.1, 0.15) is 25.1 Å². The molecule has 4 heteroatoms. The molecule has 0 aromatic carbocycles. The summed E-state index contributed by atoms with van der Waals surface area (Å²) in [4.78, 5) is 18.3. The molecule has 1 amide bonds. The first-order valence-electron chi connectivity index (χ1n) is 6.36. The second-order valence-electron chi connectivity index (χ2n) is 4.44. The quantitative estimate of drug-likeness (QED) is 0.826. The van der Waals surface area contributed by atoms with Crippen LogP contribution >= 0.6 is 0 Å². The monoisotopic (exact) mass is 245 g/mol. The van der Waals surface area contributed by atoms with Crippen molar-refractivity contribution < 1.29 is 4.79 Å². The van der Waals surface area contributed by atoms with Crippen molar-refractivity contribution in [1.82, 2.24) is 14.3 Å². The van der Waals surface area contributed by atoms with Gasteiger partial charge < -0.3 is 9.30 Å². The van der Waals surface area contributed by atoms with Gasteiger partial charge in [-0.05, 0) is 38.5 Å². The Morgan fingerprint density at radius 3 is 2.78 bits per heavy atom. The molecule has 96 valence electrons. The first kappa shape index (κ1) is 12.6. The Balaban J connectivity index is 2.19. The fourth-order valence-corrected chi connectivity index (χ4v) is 2.06. The van der Waals surface area contributed by atoms with Crippen LogP contribution in [0.15, 0.2) is 24.5 Å². The van der Waals surface area contributed by atoms with Crippen molar-refractivity contribution in [3.8, 4) is 0 Å². The van der Waals surface area contributed by atoms with Crippen LogP contribution in [0.2, 0.25) is 0 Å². The maximum atomic E-state index is 12.0. The zero-order valence-corrected chi connectivity index (χ0v) is 11.2. The van der Waals surface area contributed by atoms with Gasteiger partial charge in [0.1, 0.15) is 5.65 Å². The molecule has 0 saturated heterocycles. The number of fused-ring (bicyclic) bond motifs is 1. The second kappa shape index (κ2) is 5.21. The van der Waals surface area contributed by atoms with Crippen molar-refractivity contribution >= 4 is 11.6 Å². The molecule has 0 aliphatic heterocycles. The third-order valence-electron chi connectivity index (χ3n) is 3.11. The lowest BCUT2D eigenvalue weighted by molar-refractivity contribution is -0.130. The van der Waals surface area contributed by atoms with Crippen molar-refractivity contribution in [2.45, 2.75) is 27.2 Å². The minimum atomic E-state index is 0.139. The third kappa shape index (κ3) is 2.53. The molecule has 4 nitrogen and oxygen atoms in total. The highest BCUT2D eigenvalue weighted by molar-refractivity contribution is 5.78. The summed E-state index contributed by atoms with van der Waals surface area (Å²) in [5.41, 5.74) is 2.91. The van der Waals surface area contributed by atoms with E-state index in [1.54, 1.807) is 0 Å². The summed E-state index contributed by atoms with van der Waals surface area (Å²) in [6, 6.07) is 4.05. The van der Waals surface area contributed by atoms with E-state index in [0.29, 0.717) is 6.42 Å². The van der Waals surface area contributed by atoms with Crippen LogP contribution in [-0.2, 0) is 11.2 Å². The molecule has 2 rings (SSSR count). The number of amides is 1. The van der Waals surface area contributed by atoms with Crippen LogP contribution in [0.4, 0.5) is 0 Å². The molecule has 0 atom stereocenters. The number of carbonyl (C=O) groups excluding carboxylic acids is 1.